The summed E-state index contributed by atoms with van der Waals surface area (Å²) in [6, 6.07) is 0. The third-order valence-corrected chi connectivity index (χ3v) is 4.50. The molecule has 0 atom stereocenters. The van der Waals surface area contributed by atoms with E-state index in [9.17, 15) is 0 Å². The molecule has 0 N–H and O–H groups in total. The highest BCUT2D eigenvalue weighted by atomic mass is 28.3. The van der Waals surface area contributed by atoms with Crippen LogP contribution in [0.15, 0.2) is 0 Å². The van der Waals surface area contributed by atoms with Crippen molar-refractivity contribution in [3.63, 3.8) is 0 Å². The lowest BCUT2D eigenvalue weighted by atomic mass is 10.2. The Morgan fingerprint density at radius 2 is 1.10 bits per heavy atom. The Morgan fingerprint density at radius 3 is 1.10 bits per heavy atom. The van der Waals surface area contributed by atoms with E-state index < -0.39 is 0 Å². The second-order valence-corrected chi connectivity index (χ2v) is 7.16. The minimum Gasteiger partial charge on any atom is -0.388 e. The number of hydrogen-bond acceptors (Lipinski definition) is 1. The zero-order chi connectivity index (χ0) is 8.78. The Hall–Kier alpha value is 0.177. The van der Waals surface area contributed by atoms with Crippen molar-refractivity contribution in [2.75, 3.05) is 14.2 Å². The van der Waals surface area contributed by atoms with Crippen LogP contribution < -0.4 is 0 Å². The molecule has 0 aliphatic heterocycles. The van der Waals surface area contributed by atoms with Crippen molar-refractivity contribution in [2.45, 2.75) is 38.9 Å². The van der Waals surface area contributed by atoms with Crippen LogP contribution in [0.5, 0.6) is 0 Å². The summed E-state index contributed by atoms with van der Waals surface area (Å²) in [5.41, 5.74) is 0. The number of methoxy groups -OCH3 is 1. The van der Waals surface area contributed by atoms with Crippen molar-refractivity contribution in [3.05, 3.63) is 0 Å². The summed E-state index contributed by atoms with van der Waals surface area (Å²) in [6.07, 6.45) is 0. The molecule has 0 aromatic rings. The van der Waals surface area contributed by atoms with E-state index in [1.165, 1.54) is 0 Å². The van der Waals surface area contributed by atoms with Gasteiger partial charge in [0.05, 0.1) is 0 Å². The Morgan fingerprint density at radius 1 is 1.00 bits per heavy atom. The predicted octanol–water partition coefficient (Wildman–Crippen LogP) is 2.80. The van der Waals surface area contributed by atoms with E-state index in [1.807, 2.05) is 0 Å². The SMILES string of the molecule is COC.C[Si](C)C(C)(C)C. The molecule has 2 heteroatoms. The quantitative estimate of drug-likeness (QED) is 0.496. The molecule has 0 saturated carbocycles. The van der Waals surface area contributed by atoms with Crippen LogP contribution in [0.25, 0.3) is 0 Å². The van der Waals surface area contributed by atoms with E-state index >= 15 is 0 Å². The van der Waals surface area contributed by atoms with Crippen molar-refractivity contribution in [1.82, 2.24) is 0 Å². The van der Waals surface area contributed by atoms with Gasteiger partial charge in [-0.3, -0.25) is 0 Å². The van der Waals surface area contributed by atoms with Gasteiger partial charge in [-0.2, -0.15) is 0 Å². The first-order chi connectivity index (χ1) is 4.36. The van der Waals surface area contributed by atoms with Crippen molar-refractivity contribution in [3.8, 4) is 0 Å². The fourth-order valence-electron chi connectivity index (χ4n) is 0. The summed E-state index contributed by atoms with van der Waals surface area (Å²) in [5.74, 6) is 0. The second-order valence-electron chi connectivity index (χ2n) is 3.66. The Bertz CT molecular complexity index is 64.1. The van der Waals surface area contributed by atoms with Crippen molar-refractivity contribution in [2.24, 2.45) is 0 Å². The fourth-order valence-corrected chi connectivity index (χ4v) is 0. The van der Waals surface area contributed by atoms with Gasteiger partial charge in [0.1, 0.15) is 0 Å². The number of ether oxygens (including phenoxy) is 1. The smallest absolute Gasteiger partial charge is 0.0470 e. The summed E-state index contributed by atoms with van der Waals surface area (Å²) < 4.78 is 4.25. The van der Waals surface area contributed by atoms with E-state index in [1.54, 1.807) is 14.2 Å². The van der Waals surface area contributed by atoms with Crippen molar-refractivity contribution in [1.29, 1.82) is 0 Å². The van der Waals surface area contributed by atoms with Gasteiger partial charge in [0, 0.05) is 23.0 Å². The van der Waals surface area contributed by atoms with Gasteiger partial charge < -0.3 is 4.74 Å². The monoisotopic (exact) mass is 161 g/mol. The molecule has 0 bridgehead atoms. The average molecular weight is 161 g/mol. The molecule has 0 aromatic carbocycles. The van der Waals surface area contributed by atoms with Crippen LogP contribution in [0.3, 0.4) is 0 Å². The van der Waals surface area contributed by atoms with Gasteiger partial charge in [0.2, 0.25) is 0 Å². The highest BCUT2D eigenvalue weighted by Crippen LogP contribution is 2.25. The van der Waals surface area contributed by atoms with Crippen LogP contribution in [0, 0.1) is 0 Å². The molecule has 63 valence electrons. The largest absolute Gasteiger partial charge is 0.388 e. The van der Waals surface area contributed by atoms with Gasteiger partial charge in [0.25, 0.3) is 0 Å². The summed E-state index contributed by atoms with van der Waals surface area (Å²) in [6.45, 7) is 11.6. The second kappa shape index (κ2) is 5.92. The molecular weight excluding hydrogens is 140 g/mol. The van der Waals surface area contributed by atoms with Crippen LogP contribution >= 0.6 is 0 Å². The summed E-state index contributed by atoms with van der Waals surface area (Å²) in [4.78, 5) is 0. The maximum Gasteiger partial charge on any atom is 0.0470 e. The normalized spacial score (nSPS) is 10.8. The highest BCUT2D eigenvalue weighted by molar-refractivity contribution is 6.59. The van der Waals surface area contributed by atoms with Crippen molar-refractivity contribution >= 4 is 8.80 Å². The summed E-state index contributed by atoms with van der Waals surface area (Å²) in [5, 5.41) is 0.602. The molecule has 0 unspecified atom stereocenters. The van der Waals surface area contributed by atoms with Gasteiger partial charge in [-0.05, 0) is 5.04 Å². The molecule has 0 fully saturated rings. The van der Waals surface area contributed by atoms with Crippen LogP contribution in [-0.2, 0) is 4.74 Å². The van der Waals surface area contributed by atoms with E-state index in [0.29, 0.717) is 5.04 Å². The van der Waals surface area contributed by atoms with E-state index in [-0.39, 0.29) is 8.80 Å². The van der Waals surface area contributed by atoms with Gasteiger partial charge in [-0.25, -0.2) is 0 Å². The third kappa shape index (κ3) is 11.0. The van der Waals surface area contributed by atoms with Gasteiger partial charge in [0.15, 0.2) is 0 Å². The molecule has 1 radical (unpaired) electrons. The predicted molar refractivity (Wildman–Crippen MR) is 50.1 cm³/mol. The molecule has 0 amide bonds. The summed E-state index contributed by atoms with van der Waals surface area (Å²) in [7, 11) is 3.20. The molecule has 0 rings (SSSR count). The average Bonchev–Trinajstić information content (AvgIpc) is 1.64. The lowest BCUT2D eigenvalue weighted by Gasteiger charge is -2.20. The first kappa shape index (κ1) is 12.8. The molecule has 1 nitrogen and oxygen atoms in total. The molecule has 0 aromatic heterocycles. The molecule has 0 saturated heterocycles. The Balaban J connectivity index is 0. The Kier molecular flexibility index (Phi) is 7.59. The summed E-state index contributed by atoms with van der Waals surface area (Å²) >= 11 is 0. The fraction of sp³-hybridized carbons (Fsp3) is 1.00. The van der Waals surface area contributed by atoms with Crippen LogP contribution in [0.2, 0.25) is 18.1 Å². The van der Waals surface area contributed by atoms with Gasteiger partial charge >= 0.3 is 0 Å². The highest BCUT2D eigenvalue weighted by Gasteiger charge is 2.15. The maximum absolute atomic E-state index is 4.25. The van der Waals surface area contributed by atoms with Crippen LogP contribution in [-0.4, -0.2) is 23.0 Å². The van der Waals surface area contributed by atoms with Crippen molar-refractivity contribution < 1.29 is 4.74 Å². The zero-order valence-electron chi connectivity index (χ0n) is 8.41. The first-order valence-electron chi connectivity index (χ1n) is 3.57. The van der Waals surface area contributed by atoms with Crippen LogP contribution in [0.1, 0.15) is 20.8 Å². The minimum atomic E-state index is -0.0502. The molecular formula is C8H21OSi. The van der Waals surface area contributed by atoms with Crippen LogP contribution in [0.4, 0.5) is 0 Å². The lowest BCUT2D eigenvalue weighted by Crippen LogP contribution is -2.16. The topological polar surface area (TPSA) is 9.23 Å². The van der Waals surface area contributed by atoms with Gasteiger partial charge in [-0.1, -0.05) is 33.9 Å². The molecule has 0 spiro atoms. The molecule has 0 aliphatic rings. The zero-order valence-corrected chi connectivity index (χ0v) is 9.41. The maximum atomic E-state index is 4.25. The Labute approximate surface area is 67.4 Å². The third-order valence-electron chi connectivity index (χ3n) is 1.50. The van der Waals surface area contributed by atoms with E-state index in [2.05, 4.69) is 38.6 Å². The van der Waals surface area contributed by atoms with E-state index in [0.717, 1.165) is 0 Å². The standard InChI is InChI=1S/C6H15Si.C2H6O/c1-6(2,3)7(4)5;1-3-2/h1-5H3;1-2H3. The minimum absolute atomic E-state index is 0.0502. The first-order valence-corrected chi connectivity index (χ1v) is 6.07. The number of rotatable bonds is 0. The number of hydrogen-bond donors (Lipinski definition) is 0. The van der Waals surface area contributed by atoms with Gasteiger partial charge in [-0.15, -0.1) is 0 Å². The molecule has 0 aliphatic carbocycles. The molecule has 10 heavy (non-hydrogen) atoms. The van der Waals surface area contributed by atoms with E-state index in [4.69, 9.17) is 0 Å². The molecule has 0 heterocycles. The lowest BCUT2D eigenvalue weighted by molar-refractivity contribution is 0.277.